The van der Waals surface area contributed by atoms with Crippen LogP contribution in [0, 0.1) is 0 Å². The van der Waals surface area contributed by atoms with Gasteiger partial charge in [0.05, 0.1) is 30.0 Å². The van der Waals surface area contributed by atoms with E-state index in [2.05, 4.69) is 15.2 Å². The number of nitrogens with zero attached hydrogens (tertiary/aromatic N) is 4. The van der Waals surface area contributed by atoms with Crippen LogP contribution in [0.1, 0.15) is 18.4 Å². The van der Waals surface area contributed by atoms with Gasteiger partial charge in [-0.15, -0.1) is 0 Å². The molecule has 0 aliphatic carbocycles. The van der Waals surface area contributed by atoms with Gasteiger partial charge in [-0.2, -0.15) is 10.1 Å². The molecule has 0 amide bonds. The van der Waals surface area contributed by atoms with Gasteiger partial charge in [0.15, 0.2) is 0 Å². The topological polar surface area (TPSA) is 74.7 Å². The normalized spacial score (nSPS) is 15.3. The van der Waals surface area contributed by atoms with Crippen LogP contribution in [0.3, 0.4) is 0 Å². The minimum absolute atomic E-state index is 0.235. The maximum absolute atomic E-state index is 6.08. The maximum Gasteiger partial charge on any atom is 0.258 e. The van der Waals surface area contributed by atoms with Gasteiger partial charge in [0.25, 0.3) is 5.89 Å². The van der Waals surface area contributed by atoms with Crippen molar-refractivity contribution in [3.05, 3.63) is 60.4 Å². The average molecular weight is 376 g/mol. The van der Waals surface area contributed by atoms with E-state index in [1.807, 2.05) is 48.7 Å². The number of ether oxygens (including phenoxy) is 2. The van der Waals surface area contributed by atoms with Crippen molar-refractivity contribution in [2.24, 2.45) is 0 Å². The van der Waals surface area contributed by atoms with Crippen LogP contribution >= 0.6 is 0 Å². The van der Waals surface area contributed by atoms with E-state index in [1.54, 1.807) is 10.7 Å². The number of aromatic nitrogens is 4. The van der Waals surface area contributed by atoms with Crippen LogP contribution in [0.25, 0.3) is 28.4 Å². The van der Waals surface area contributed by atoms with Gasteiger partial charge in [0.2, 0.25) is 5.82 Å². The van der Waals surface area contributed by atoms with Crippen molar-refractivity contribution >= 4 is 5.52 Å². The monoisotopic (exact) mass is 376 g/mol. The summed E-state index contributed by atoms with van der Waals surface area (Å²) in [5.41, 5.74) is 3.70. The van der Waals surface area contributed by atoms with E-state index in [9.17, 15) is 0 Å². The van der Waals surface area contributed by atoms with Crippen LogP contribution in [-0.2, 0) is 16.1 Å². The van der Waals surface area contributed by atoms with E-state index in [-0.39, 0.29) is 6.10 Å². The van der Waals surface area contributed by atoms with Gasteiger partial charge >= 0.3 is 0 Å². The maximum atomic E-state index is 6.08. The Morgan fingerprint density at radius 2 is 1.89 bits per heavy atom. The Morgan fingerprint density at radius 1 is 1.04 bits per heavy atom. The molecule has 0 N–H and O–H groups in total. The first kappa shape index (κ1) is 17.1. The van der Waals surface area contributed by atoms with Crippen LogP contribution in [0.5, 0.6) is 0 Å². The van der Waals surface area contributed by atoms with E-state index in [0.29, 0.717) is 18.3 Å². The molecule has 3 aromatic heterocycles. The molecule has 0 bridgehead atoms. The molecule has 1 aromatic carbocycles. The number of hydrogen-bond donors (Lipinski definition) is 0. The Morgan fingerprint density at radius 3 is 2.82 bits per heavy atom. The molecule has 0 atom stereocenters. The molecule has 0 radical (unpaired) electrons. The van der Waals surface area contributed by atoms with Gasteiger partial charge < -0.3 is 14.0 Å². The molecule has 142 valence electrons. The van der Waals surface area contributed by atoms with Gasteiger partial charge in [-0.25, -0.2) is 4.52 Å². The number of rotatable bonds is 5. The Hall–Kier alpha value is -3.03. The lowest BCUT2D eigenvalue weighted by molar-refractivity contribution is -0.0389. The number of benzene rings is 1. The highest BCUT2D eigenvalue weighted by Gasteiger charge is 2.18. The van der Waals surface area contributed by atoms with Crippen molar-refractivity contribution in [2.75, 3.05) is 13.2 Å². The third kappa shape index (κ3) is 3.30. The molecule has 28 heavy (non-hydrogen) atoms. The van der Waals surface area contributed by atoms with Crippen LogP contribution in [0.2, 0.25) is 0 Å². The zero-order chi connectivity index (χ0) is 18.8. The molecule has 1 aliphatic rings. The van der Waals surface area contributed by atoms with E-state index in [0.717, 1.165) is 48.3 Å². The second kappa shape index (κ2) is 7.53. The highest BCUT2D eigenvalue weighted by atomic mass is 16.5. The number of hydrogen-bond acceptors (Lipinski definition) is 6. The predicted octanol–water partition coefficient (Wildman–Crippen LogP) is 3.75. The highest BCUT2D eigenvalue weighted by Crippen LogP contribution is 2.28. The van der Waals surface area contributed by atoms with Gasteiger partial charge in [0, 0.05) is 25.0 Å². The van der Waals surface area contributed by atoms with Gasteiger partial charge in [-0.3, -0.25) is 0 Å². The lowest BCUT2D eigenvalue weighted by atomic mass is 10.1. The van der Waals surface area contributed by atoms with E-state index >= 15 is 0 Å². The molecule has 4 aromatic rings. The van der Waals surface area contributed by atoms with Crippen molar-refractivity contribution in [1.29, 1.82) is 0 Å². The van der Waals surface area contributed by atoms with Crippen molar-refractivity contribution in [3.8, 4) is 22.8 Å². The Labute approximate surface area is 161 Å². The van der Waals surface area contributed by atoms with Crippen molar-refractivity contribution in [1.82, 2.24) is 19.8 Å². The molecule has 1 aliphatic heterocycles. The molecule has 0 spiro atoms. The smallest absolute Gasteiger partial charge is 0.258 e. The van der Waals surface area contributed by atoms with E-state index < -0.39 is 0 Å². The molecule has 0 unspecified atom stereocenters. The molecular formula is C21H20N4O3. The first-order chi connectivity index (χ1) is 13.9. The fourth-order valence-corrected chi connectivity index (χ4v) is 3.45. The van der Waals surface area contributed by atoms with Gasteiger partial charge in [0.1, 0.15) is 0 Å². The average Bonchev–Trinajstić information content (AvgIpc) is 3.40. The summed E-state index contributed by atoms with van der Waals surface area (Å²) in [7, 11) is 0. The third-order valence-corrected chi connectivity index (χ3v) is 4.98. The lowest BCUT2D eigenvalue weighted by Gasteiger charge is -2.22. The minimum atomic E-state index is 0.235. The standard InChI is InChI=1S/C21H20N4O3/c1-2-6-17(15(5-1)14-27-16-8-11-26-12-9-16)21-23-20(24-28-21)18-13-22-25-10-4-3-7-19(18)25/h1-7,10,13,16H,8-9,11-12,14H2. The molecule has 4 heterocycles. The summed E-state index contributed by atoms with van der Waals surface area (Å²) in [5, 5.41) is 8.52. The number of pyridine rings is 1. The molecule has 0 saturated carbocycles. The van der Waals surface area contributed by atoms with Gasteiger partial charge in [-0.1, -0.05) is 29.4 Å². The fraction of sp³-hybridized carbons (Fsp3) is 0.286. The fourth-order valence-electron chi connectivity index (χ4n) is 3.45. The molecular weight excluding hydrogens is 356 g/mol. The number of fused-ring (bicyclic) bond motifs is 1. The lowest BCUT2D eigenvalue weighted by Crippen LogP contribution is -2.23. The summed E-state index contributed by atoms with van der Waals surface area (Å²) in [6, 6.07) is 13.9. The first-order valence-electron chi connectivity index (χ1n) is 9.42. The second-order valence-corrected chi connectivity index (χ2v) is 6.79. The first-order valence-corrected chi connectivity index (χ1v) is 9.42. The zero-order valence-electron chi connectivity index (χ0n) is 15.3. The highest BCUT2D eigenvalue weighted by molar-refractivity contribution is 5.76. The second-order valence-electron chi connectivity index (χ2n) is 6.79. The summed E-state index contributed by atoms with van der Waals surface area (Å²) < 4.78 is 18.9. The summed E-state index contributed by atoms with van der Waals surface area (Å²) in [4.78, 5) is 4.62. The SMILES string of the molecule is c1ccc(-c2nc(-c3cnn4ccccc34)no2)c(COC2CCOCC2)c1. The van der Waals surface area contributed by atoms with Gasteiger partial charge in [-0.05, 0) is 36.6 Å². The predicted molar refractivity (Wildman–Crippen MR) is 103 cm³/mol. The van der Waals surface area contributed by atoms with Crippen LogP contribution < -0.4 is 0 Å². The van der Waals surface area contributed by atoms with Crippen LogP contribution in [-0.4, -0.2) is 39.1 Å². The van der Waals surface area contributed by atoms with E-state index in [4.69, 9.17) is 14.0 Å². The molecule has 5 rings (SSSR count). The van der Waals surface area contributed by atoms with Crippen molar-refractivity contribution in [2.45, 2.75) is 25.6 Å². The molecule has 1 fully saturated rings. The summed E-state index contributed by atoms with van der Waals surface area (Å²) in [6.07, 6.45) is 5.75. The minimum Gasteiger partial charge on any atom is -0.381 e. The Kier molecular flexibility index (Phi) is 4.60. The largest absolute Gasteiger partial charge is 0.381 e. The summed E-state index contributed by atoms with van der Waals surface area (Å²) in [5.74, 6) is 1.01. The third-order valence-electron chi connectivity index (χ3n) is 4.98. The molecule has 7 heteroatoms. The molecule has 7 nitrogen and oxygen atoms in total. The zero-order valence-corrected chi connectivity index (χ0v) is 15.3. The van der Waals surface area contributed by atoms with E-state index in [1.165, 1.54) is 0 Å². The van der Waals surface area contributed by atoms with Crippen molar-refractivity contribution < 1.29 is 14.0 Å². The van der Waals surface area contributed by atoms with Crippen LogP contribution in [0.4, 0.5) is 0 Å². The quantitative estimate of drug-likeness (QED) is 0.528. The summed E-state index contributed by atoms with van der Waals surface area (Å²) >= 11 is 0. The summed E-state index contributed by atoms with van der Waals surface area (Å²) in [6.45, 7) is 2.03. The Bertz CT molecular complexity index is 1080. The molecule has 1 saturated heterocycles. The van der Waals surface area contributed by atoms with Crippen molar-refractivity contribution in [3.63, 3.8) is 0 Å². The Balaban J connectivity index is 1.41. The van der Waals surface area contributed by atoms with Crippen LogP contribution in [0.15, 0.2) is 59.4 Å².